The molecule has 0 N–H and O–H groups in total. The number of rotatable bonds is 4. The summed E-state index contributed by atoms with van der Waals surface area (Å²) in [6, 6.07) is 10.4. The van der Waals surface area contributed by atoms with E-state index in [0.29, 0.717) is 6.04 Å². The van der Waals surface area contributed by atoms with E-state index in [0.717, 1.165) is 73.7 Å². The van der Waals surface area contributed by atoms with Crippen molar-refractivity contribution in [3.05, 3.63) is 58.4 Å². The first-order valence-electron chi connectivity index (χ1n) is 9.66. The maximum atomic E-state index is 13.1. The van der Waals surface area contributed by atoms with E-state index in [1.165, 1.54) is 5.56 Å². The molecule has 0 saturated carbocycles. The van der Waals surface area contributed by atoms with Crippen molar-refractivity contribution in [1.82, 2.24) is 9.88 Å². The SMILES string of the molecule is COc1ccc(Cc2cc3c(nc2C)CCN(C2CCOCC2)C3=O)cc1. The predicted octanol–water partition coefficient (Wildman–Crippen LogP) is 3.17. The average molecular weight is 366 g/mol. The number of benzene rings is 1. The molecule has 1 amide bonds. The van der Waals surface area contributed by atoms with E-state index in [1.54, 1.807) is 7.11 Å². The minimum absolute atomic E-state index is 0.131. The van der Waals surface area contributed by atoms with E-state index in [2.05, 4.69) is 18.2 Å². The van der Waals surface area contributed by atoms with E-state index in [9.17, 15) is 4.79 Å². The van der Waals surface area contributed by atoms with Crippen molar-refractivity contribution in [2.75, 3.05) is 26.9 Å². The molecule has 1 aromatic heterocycles. The molecule has 0 radical (unpaired) electrons. The molecule has 5 nitrogen and oxygen atoms in total. The molecule has 0 bridgehead atoms. The van der Waals surface area contributed by atoms with Gasteiger partial charge in [-0.1, -0.05) is 12.1 Å². The van der Waals surface area contributed by atoms with Crippen LogP contribution >= 0.6 is 0 Å². The van der Waals surface area contributed by atoms with Gasteiger partial charge in [0, 0.05) is 37.9 Å². The Kier molecular flexibility index (Phi) is 5.12. The highest BCUT2D eigenvalue weighted by molar-refractivity contribution is 5.96. The molecule has 4 rings (SSSR count). The van der Waals surface area contributed by atoms with Gasteiger partial charge < -0.3 is 14.4 Å². The number of ether oxygens (including phenoxy) is 2. The smallest absolute Gasteiger partial charge is 0.255 e. The lowest BCUT2D eigenvalue weighted by atomic mass is 9.95. The predicted molar refractivity (Wildman–Crippen MR) is 103 cm³/mol. The minimum Gasteiger partial charge on any atom is -0.497 e. The van der Waals surface area contributed by atoms with E-state index in [-0.39, 0.29) is 5.91 Å². The lowest BCUT2D eigenvalue weighted by Gasteiger charge is -2.37. The molecule has 1 saturated heterocycles. The summed E-state index contributed by atoms with van der Waals surface area (Å²) in [6.07, 6.45) is 3.46. The zero-order valence-corrected chi connectivity index (χ0v) is 16.0. The molecule has 2 aromatic rings. The third-order valence-electron chi connectivity index (χ3n) is 5.66. The highest BCUT2D eigenvalue weighted by Crippen LogP contribution is 2.26. The molecule has 1 fully saturated rings. The van der Waals surface area contributed by atoms with Gasteiger partial charge in [-0.2, -0.15) is 0 Å². The first kappa shape index (κ1) is 18.0. The van der Waals surface area contributed by atoms with E-state index in [1.807, 2.05) is 24.0 Å². The van der Waals surface area contributed by atoms with Gasteiger partial charge in [-0.3, -0.25) is 9.78 Å². The Morgan fingerprint density at radius 2 is 1.96 bits per heavy atom. The van der Waals surface area contributed by atoms with Crippen LogP contribution in [0, 0.1) is 6.92 Å². The maximum Gasteiger partial charge on any atom is 0.255 e. The lowest BCUT2D eigenvalue weighted by molar-refractivity contribution is 0.0275. The molecule has 0 unspecified atom stereocenters. The molecule has 3 heterocycles. The summed E-state index contributed by atoms with van der Waals surface area (Å²) in [4.78, 5) is 20.0. The standard InChI is InChI=1S/C22H26N2O3/c1-15-17(13-16-3-5-19(26-2)6-4-16)14-20-21(23-15)7-10-24(22(20)25)18-8-11-27-12-9-18/h3-6,14,18H,7-13H2,1-2H3. The summed E-state index contributed by atoms with van der Waals surface area (Å²) in [6.45, 7) is 4.29. The summed E-state index contributed by atoms with van der Waals surface area (Å²) in [7, 11) is 1.67. The molecule has 0 aliphatic carbocycles. The average Bonchev–Trinajstić information content (AvgIpc) is 2.70. The molecule has 27 heavy (non-hydrogen) atoms. The van der Waals surface area contributed by atoms with Crippen LogP contribution < -0.4 is 4.74 Å². The normalized spacial score (nSPS) is 17.7. The number of pyridine rings is 1. The van der Waals surface area contributed by atoms with E-state index in [4.69, 9.17) is 14.5 Å². The van der Waals surface area contributed by atoms with Gasteiger partial charge in [0.1, 0.15) is 5.75 Å². The highest BCUT2D eigenvalue weighted by Gasteiger charge is 2.32. The van der Waals surface area contributed by atoms with Gasteiger partial charge in [0.25, 0.3) is 5.91 Å². The van der Waals surface area contributed by atoms with Crippen molar-refractivity contribution >= 4 is 5.91 Å². The summed E-state index contributed by atoms with van der Waals surface area (Å²) >= 11 is 0. The van der Waals surface area contributed by atoms with Crippen LogP contribution in [0.1, 0.15) is 45.7 Å². The fourth-order valence-corrected chi connectivity index (χ4v) is 4.04. The van der Waals surface area contributed by atoms with Gasteiger partial charge in [0.15, 0.2) is 0 Å². The summed E-state index contributed by atoms with van der Waals surface area (Å²) in [5.74, 6) is 0.980. The summed E-state index contributed by atoms with van der Waals surface area (Å²) in [5, 5.41) is 0. The molecule has 0 atom stereocenters. The first-order chi connectivity index (χ1) is 13.2. The number of amides is 1. The van der Waals surface area contributed by atoms with Crippen molar-refractivity contribution in [3.8, 4) is 5.75 Å². The highest BCUT2D eigenvalue weighted by atomic mass is 16.5. The molecule has 5 heteroatoms. The Bertz CT molecular complexity index is 826. The number of aromatic nitrogens is 1. The topological polar surface area (TPSA) is 51.7 Å². The van der Waals surface area contributed by atoms with Crippen LogP contribution in [-0.2, 0) is 17.6 Å². The number of aryl methyl sites for hydroxylation is 1. The van der Waals surface area contributed by atoms with Crippen LogP contribution in [0.4, 0.5) is 0 Å². The van der Waals surface area contributed by atoms with Gasteiger partial charge >= 0.3 is 0 Å². The number of hydrogen-bond acceptors (Lipinski definition) is 4. The van der Waals surface area contributed by atoms with Crippen molar-refractivity contribution in [3.63, 3.8) is 0 Å². The van der Waals surface area contributed by atoms with Crippen molar-refractivity contribution in [1.29, 1.82) is 0 Å². The van der Waals surface area contributed by atoms with Gasteiger partial charge in [0.05, 0.1) is 18.4 Å². The summed E-state index contributed by atoms with van der Waals surface area (Å²) < 4.78 is 10.7. The monoisotopic (exact) mass is 366 g/mol. The first-order valence-corrected chi connectivity index (χ1v) is 9.66. The number of carbonyl (C=O) groups is 1. The molecule has 142 valence electrons. The maximum absolute atomic E-state index is 13.1. The number of carbonyl (C=O) groups excluding carboxylic acids is 1. The second kappa shape index (κ2) is 7.69. The van der Waals surface area contributed by atoms with Crippen LogP contribution in [-0.4, -0.2) is 48.7 Å². The quantitative estimate of drug-likeness (QED) is 0.834. The Labute approximate surface area is 160 Å². The van der Waals surface area contributed by atoms with Gasteiger partial charge in [-0.25, -0.2) is 0 Å². The lowest BCUT2D eigenvalue weighted by Crippen LogP contribution is -2.47. The third kappa shape index (κ3) is 3.69. The largest absolute Gasteiger partial charge is 0.497 e. The van der Waals surface area contributed by atoms with Crippen LogP contribution in [0.25, 0.3) is 0 Å². The Morgan fingerprint density at radius 1 is 1.22 bits per heavy atom. The molecule has 1 aromatic carbocycles. The number of methoxy groups -OCH3 is 1. The molecule has 2 aliphatic rings. The zero-order valence-electron chi connectivity index (χ0n) is 16.0. The molecule has 2 aliphatic heterocycles. The Balaban J connectivity index is 1.58. The fraction of sp³-hybridized carbons (Fsp3) is 0.455. The minimum atomic E-state index is 0.131. The summed E-state index contributed by atoms with van der Waals surface area (Å²) in [5.41, 5.74) is 5.03. The van der Waals surface area contributed by atoms with Crippen molar-refractivity contribution < 1.29 is 14.3 Å². The van der Waals surface area contributed by atoms with Crippen LogP contribution in [0.3, 0.4) is 0 Å². The Hall–Kier alpha value is -2.40. The van der Waals surface area contributed by atoms with Gasteiger partial charge in [-0.15, -0.1) is 0 Å². The van der Waals surface area contributed by atoms with Crippen molar-refractivity contribution in [2.24, 2.45) is 0 Å². The third-order valence-corrected chi connectivity index (χ3v) is 5.66. The molecule has 0 spiro atoms. The molecular weight excluding hydrogens is 340 g/mol. The fourth-order valence-electron chi connectivity index (χ4n) is 4.04. The van der Waals surface area contributed by atoms with Gasteiger partial charge in [-0.05, 0) is 55.5 Å². The van der Waals surface area contributed by atoms with Crippen LogP contribution in [0.5, 0.6) is 5.75 Å². The van der Waals surface area contributed by atoms with Crippen molar-refractivity contribution in [2.45, 2.75) is 38.6 Å². The second-order valence-corrected chi connectivity index (χ2v) is 7.34. The van der Waals surface area contributed by atoms with Crippen LogP contribution in [0.2, 0.25) is 0 Å². The molecular formula is C22H26N2O3. The number of fused-ring (bicyclic) bond motifs is 1. The number of hydrogen-bond donors (Lipinski definition) is 0. The van der Waals surface area contributed by atoms with E-state index >= 15 is 0 Å². The van der Waals surface area contributed by atoms with E-state index < -0.39 is 0 Å². The zero-order chi connectivity index (χ0) is 18.8. The Morgan fingerprint density at radius 3 is 2.67 bits per heavy atom. The number of nitrogens with zero attached hydrogens (tertiary/aromatic N) is 2. The second-order valence-electron chi connectivity index (χ2n) is 7.34. The van der Waals surface area contributed by atoms with Crippen LogP contribution in [0.15, 0.2) is 30.3 Å². The van der Waals surface area contributed by atoms with Gasteiger partial charge in [0.2, 0.25) is 0 Å².